The second kappa shape index (κ2) is 8.38. The number of hydrogen-bond donors (Lipinski definition) is 1. The van der Waals surface area contributed by atoms with E-state index in [0.717, 1.165) is 11.6 Å². The quantitative estimate of drug-likeness (QED) is 0.528. The molecule has 0 saturated carbocycles. The van der Waals surface area contributed by atoms with E-state index in [1.54, 1.807) is 6.07 Å². The Morgan fingerprint density at radius 3 is 2.61 bits per heavy atom. The van der Waals surface area contributed by atoms with E-state index in [0.29, 0.717) is 41.5 Å². The fourth-order valence-corrected chi connectivity index (χ4v) is 3.88. The van der Waals surface area contributed by atoms with Crippen molar-refractivity contribution < 1.29 is 27.5 Å². The van der Waals surface area contributed by atoms with Crippen molar-refractivity contribution in [3.05, 3.63) is 58.8 Å². The van der Waals surface area contributed by atoms with Crippen molar-refractivity contribution in [3.8, 4) is 11.5 Å². The first-order chi connectivity index (χ1) is 14.8. The molecule has 0 saturated heterocycles. The molecule has 5 nitrogen and oxygen atoms in total. The third-order valence-electron chi connectivity index (χ3n) is 5.52. The van der Waals surface area contributed by atoms with Gasteiger partial charge in [-0.3, -0.25) is 4.79 Å². The lowest BCUT2D eigenvalue weighted by molar-refractivity contribution is -0.150. The first-order valence-corrected chi connectivity index (χ1v) is 10.4. The van der Waals surface area contributed by atoms with E-state index < -0.39 is 23.6 Å². The van der Waals surface area contributed by atoms with Crippen molar-refractivity contribution >= 4 is 28.5 Å². The predicted octanol–water partition coefficient (Wildman–Crippen LogP) is 5.65. The zero-order chi connectivity index (χ0) is 22.2. The highest BCUT2D eigenvalue weighted by atomic mass is 35.5. The largest absolute Gasteiger partial charge is 0.486 e. The maximum Gasteiger partial charge on any atom is 0.380 e. The molecule has 164 valence electrons. The van der Waals surface area contributed by atoms with E-state index in [2.05, 4.69) is 5.32 Å². The van der Waals surface area contributed by atoms with Crippen molar-refractivity contribution in [2.75, 3.05) is 13.2 Å². The molecule has 0 spiro atoms. The fourth-order valence-electron chi connectivity index (χ4n) is 3.70. The van der Waals surface area contributed by atoms with Gasteiger partial charge in [-0.25, -0.2) is 0 Å². The van der Waals surface area contributed by atoms with Gasteiger partial charge in [-0.05, 0) is 48.4 Å². The maximum absolute atomic E-state index is 14.9. The number of benzene rings is 2. The van der Waals surface area contributed by atoms with Crippen LogP contribution in [0.1, 0.15) is 37.5 Å². The molecule has 0 fully saturated rings. The summed E-state index contributed by atoms with van der Waals surface area (Å²) in [7, 11) is 0. The topological polar surface area (TPSA) is 60.7 Å². The molecule has 4 rings (SSSR count). The number of furan rings is 1. The monoisotopic (exact) mass is 449 g/mol. The first kappa shape index (κ1) is 21.4. The summed E-state index contributed by atoms with van der Waals surface area (Å²) >= 11 is 5.90. The molecule has 0 aliphatic carbocycles. The molecule has 8 heteroatoms. The molecule has 1 aromatic heterocycles. The van der Waals surface area contributed by atoms with Gasteiger partial charge in [-0.1, -0.05) is 31.5 Å². The van der Waals surface area contributed by atoms with Crippen LogP contribution in [0.5, 0.6) is 11.5 Å². The molecule has 0 unspecified atom stereocenters. The van der Waals surface area contributed by atoms with Gasteiger partial charge in [0.2, 0.25) is 0 Å². The van der Waals surface area contributed by atoms with Crippen molar-refractivity contribution in [1.29, 1.82) is 0 Å². The van der Waals surface area contributed by atoms with E-state index in [1.807, 2.05) is 26.0 Å². The van der Waals surface area contributed by atoms with Gasteiger partial charge in [0.25, 0.3) is 5.91 Å². The molecule has 0 bridgehead atoms. The Balaban J connectivity index is 1.53. The van der Waals surface area contributed by atoms with E-state index in [-0.39, 0.29) is 11.5 Å². The highest BCUT2D eigenvalue weighted by Crippen LogP contribution is 2.36. The molecule has 3 aromatic rings. The number of halogens is 3. The second-order valence-electron chi connectivity index (χ2n) is 7.55. The number of nitrogens with one attached hydrogen (secondary N) is 1. The van der Waals surface area contributed by atoms with Crippen LogP contribution in [-0.4, -0.2) is 25.2 Å². The molecule has 1 aliphatic heterocycles. The first-order valence-electron chi connectivity index (χ1n) is 10.1. The normalized spacial score (nSPS) is 15.5. The SMILES string of the molecule is CC[C@@H](NC(=O)C(F)(F)c1cc2cc(Cl)ccc2o1)[C@H](C)c1ccc2c(c1)OCCO2. The van der Waals surface area contributed by atoms with Crippen LogP contribution < -0.4 is 14.8 Å². The van der Waals surface area contributed by atoms with Gasteiger partial charge >= 0.3 is 5.92 Å². The number of hydrogen-bond acceptors (Lipinski definition) is 4. The van der Waals surface area contributed by atoms with Gasteiger partial charge in [0.1, 0.15) is 18.8 Å². The zero-order valence-electron chi connectivity index (χ0n) is 17.1. The van der Waals surface area contributed by atoms with Gasteiger partial charge in [0.15, 0.2) is 17.3 Å². The molecule has 1 amide bonds. The molecular formula is C23H22ClF2NO4. The summed E-state index contributed by atoms with van der Waals surface area (Å²) in [6.07, 6.45) is 0.465. The number of ether oxygens (including phenoxy) is 2. The highest BCUT2D eigenvalue weighted by molar-refractivity contribution is 6.31. The number of amides is 1. The lowest BCUT2D eigenvalue weighted by atomic mass is 9.91. The van der Waals surface area contributed by atoms with Gasteiger partial charge in [0.05, 0.1) is 0 Å². The highest BCUT2D eigenvalue weighted by Gasteiger charge is 2.45. The van der Waals surface area contributed by atoms with Crippen LogP contribution in [0.15, 0.2) is 46.9 Å². The number of fused-ring (bicyclic) bond motifs is 2. The van der Waals surface area contributed by atoms with Gasteiger partial charge in [-0.2, -0.15) is 8.78 Å². The molecule has 2 heterocycles. The van der Waals surface area contributed by atoms with Crippen molar-refractivity contribution in [3.63, 3.8) is 0 Å². The summed E-state index contributed by atoms with van der Waals surface area (Å²) in [5, 5.41) is 3.30. The molecule has 2 aromatic carbocycles. The Hall–Kier alpha value is -2.80. The summed E-state index contributed by atoms with van der Waals surface area (Å²) in [6, 6.07) is 10.7. The fraction of sp³-hybridized carbons (Fsp3) is 0.348. The Bertz CT molecular complexity index is 1110. The Kier molecular flexibility index (Phi) is 5.79. The van der Waals surface area contributed by atoms with Crippen LogP contribution in [0, 0.1) is 0 Å². The lowest BCUT2D eigenvalue weighted by Crippen LogP contribution is -2.45. The summed E-state index contributed by atoms with van der Waals surface area (Å²) < 4.78 is 46.2. The van der Waals surface area contributed by atoms with Crippen molar-refractivity contribution in [2.24, 2.45) is 0 Å². The minimum atomic E-state index is -3.83. The Labute approximate surface area is 183 Å². The average Bonchev–Trinajstić information content (AvgIpc) is 3.20. The number of alkyl halides is 2. The maximum atomic E-state index is 14.9. The number of carbonyl (C=O) groups is 1. The Morgan fingerprint density at radius 1 is 1.13 bits per heavy atom. The number of rotatable bonds is 6. The van der Waals surface area contributed by atoms with E-state index >= 15 is 0 Å². The second-order valence-corrected chi connectivity index (χ2v) is 7.98. The molecule has 2 atom stereocenters. The average molecular weight is 450 g/mol. The van der Waals surface area contributed by atoms with Crippen LogP contribution in [-0.2, 0) is 10.7 Å². The van der Waals surface area contributed by atoms with Crippen LogP contribution in [0.2, 0.25) is 5.02 Å². The third-order valence-corrected chi connectivity index (χ3v) is 5.76. The van der Waals surface area contributed by atoms with Crippen LogP contribution in [0.3, 0.4) is 0 Å². The van der Waals surface area contributed by atoms with Gasteiger partial charge in [-0.15, -0.1) is 0 Å². The van der Waals surface area contributed by atoms with Gasteiger partial charge < -0.3 is 19.2 Å². The Morgan fingerprint density at radius 2 is 1.87 bits per heavy atom. The van der Waals surface area contributed by atoms with E-state index in [4.69, 9.17) is 25.5 Å². The molecule has 31 heavy (non-hydrogen) atoms. The van der Waals surface area contributed by atoms with E-state index in [1.165, 1.54) is 18.2 Å². The van der Waals surface area contributed by atoms with E-state index in [9.17, 15) is 13.6 Å². The lowest BCUT2D eigenvalue weighted by Gasteiger charge is -2.27. The summed E-state index contributed by atoms with van der Waals surface area (Å²) in [5.74, 6) is -4.92. The molecular weight excluding hydrogens is 428 g/mol. The van der Waals surface area contributed by atoms with Crippen molar-refractivity contribution in [2.45, 2.75) is 38.2 Å². The molecule has 0 radical (unpaired) electrons. The number of carbonyl (C=O) groups excluding carboxylic acids is 1. The minimum absolute atomic E-state index is 0.227. The van der Waals surface area contributed by atoms with Gasteiger partial charge in [0, 0.05) is 22.4 Å². The molecule has 1 aliphatic rings. The molecule has 1 N–H and O–H groups in total. The summed E-state index contributed by atoms with van der Waals surface area (Å²) in [6.45, 7) is 4.65. The summed E-state index contributed by atoms with van der Waals surface area (Å²) in [5.41, 5.74) is 1.10. The van der Waals surface area contributed by atoms with Crippen LogP contribution in [0.25, 0.3) is 11.0 Å². The predicted molar refractivity (Wildman–Crippen MR) is 113 cm³/mol. The summed E-state index contributed by atoms with van der Waals surface area (Å²) in [4.78, 5) is 12.6. The third kappa shape index (κ3) is 4.19. The van der Waals surface area contributed by atoms with Crippen LogP contribution in [0.4, 0.5) is 8.78 Å². The smallest absolute Gasteiger partial charge is 0.380 e. The van der Waals surface area contributed by atoms with Crippen LogP contribution >= 0.6 is 11.6 Å². The standard InChI is InChI=1S/C23H22ClF2NO4/c1-3-17(13(2)14-4-6-19-20(11-14)30-9-8-29-19)27-22(28)23(25,26)21-12-15-10-16(24)5-7-18(15)31-21/h4-7,10-13,17H,3,8-9H2,1-2H3,(H,27,28)/t13-,17-/m1/s1. The minimum Gasteiger partial charge on any atom is -0.486 e. The zero-order valence-corrected chi connectivity index (χ0v) is 17.8. The van der Waals surface area contributed by atoms with Crippen molar-refractivity contribution in [1.82, 2.24) is 5.32 Å².